The van der Waals surface area contributed by atoms with Gasteiger partial charge in [0.05, 0.1) is 0 Å². The molecule has 0 aromatic rings. The SMILES string of the molecule is CCSCC(C)NC1CC1. The van der Waals surface area contributed by atoms with Crippen LogP contribution in [0.1, 0.15) is 26.7 Å². The Hall–Kier alpha value is 0.310. The quantitative estimate of drug-likeness (QED) is 0.657. The fraction of sp³-hybridized carbons (Fsp3) is 1.00. The molecule has 1 N–H and O–H groups in total. The Bertz CT molecular complexity index is 91.3. The van der Waals surface area contributed by atoms with Crippen LogP contribution in [0.2, 0.25) is 0 Å². The van der Waals surface area contributed by atoms with Crippen LogP contribution in [0.25, 0.3) is 0 Å². The molecule has 0 heterocycles. The second-order valence-electron chi connectivity index (χ2n) is 3.00. The van der Waals surface area contributed by atoms with Crippen molar-refractivity contribution in [3.8, 4) is 0 Å². The van der Waals surface area contributed by atoms with Crippen molar-refractivity contribution >= 4 is 11.8 Å². The zero-order chi connectivity index (χ0) is 7.40. The van der Waals surface area contributed by atoms with E-state index >= 15 is 0 Å². The van der Waals surface area contributed by atoms with E-state index in [0.29, 0.717) is 0 Å². The second kappa shape index (κ2) is 4.24. The van der Waals surface area contributed by atoms with E-state index in [2.05, 4.69) is 19.2 Å². The van der Waals surface area contributed by atoms with E-state index in [1.807, 2.05) is 11.8 Å². The fourth-order valence-corrected chi connectivity index (χ4v) is 1.68. The molecule has 60 valence electrons. The summed E-state index contributed by atoms with van der Waals surface area (Å²) >= 11 is 2.02. The van der Waals surface area contributed by atoms with Crippen molar-refractivity contribution in [2.24, 2.45) is 0 Å². The monoisotopic (exact) mass is 159 g/mol. The van der Waals surface area contributed by atoms with Crippen molar-refractivity contribution in [1.82, 2.24) is 5.32 Å². The highest BCUT2D eigenvalue weighted by Gasteiger charge is 2.22. The van der Waals surface area contributed by atoms with Gasteiger partial charge in [-0.15, -0.1) is 0 Å². The first kappa shape index (κ1) is 8.41. The molecular weight excluding hydrogens is 142 g/mol. The van der Waals surface area contributed by atoms with Crippen LogP contribution < -0.4 is 5.32 Å². The number of hydrogen-bond donors (Lipinski definition) is 1. The summed E-state index contributed by atoms with van der Waals surface area (Å²) in [5.74, 6) is 2.52. The predicted molar refractivity (Wildman–Crippen MR) is 48.6 cm³/mol. The lowest BCUT2D eigenvalue weighted by molar-refractivity contribution is 0.592. The lowest BCUT2D eigenvalue weighted by Gasteiger charge is -2.11. The predicted octanol–water partition coefficient (Wildman–Crippen LogP) is 1.88. The minimum absolute atomic E-state index is 0.720. The third-order valence-corrected chi connectivity index (χ3v) is 2.81. The van der Waals surface area contributed by atoms with Gasteiger partial charge in [0, 0.05) is 17.8 Å². The van der Waals surface area contributed by atoms with Gasteiger partial charge in [0.15, 0.2) is 0 Å². The molecule has 2 heteroatoms. The molecular formula is C8H17NS. The van der Waals surface area contributed by atoms with Crippen LogP contribution in [0, 0.1) is 0 Å². The van der Waals surface area contributed by atoms with E-state index in [1.54, 1.807) is 0 Å². The van der Waals surface area contributed by atoms with Crippen LogP contribution >= 0.6 is 11.8 Å². The van der Waals surface area contributed by atoms with E-state index < -0.39 is 0 Å². The maximum absolute atomic E-state index is 3.57. The van der Waals surface area contributed by atoms with Crippen molar-refractivity contribution in [2.45, 2.75) is 38.8 Å². The highest BCUT2D eigenvalue weighted by atomic mass is 32.2. The van der Waals surface area contributed by atoms with Gasteiger partial charge in [-0.05, 0) is 25.5 Å². The minimum atomic E-state index is 0.720. The number of hydrogen-bond acceptors (Lipinski definition) is 2. The molecule has 1 atom stereocenters. The number of thioether (sulfide) groups is 1. The van der Waals surface area contributed by atoms with Crippen LogP contribution in [0.3, 0.4) is 0 Å². The average Bonchev–Trinajstić information content (AvgIpc) is 2.67. The molecule has 1 fully saturated rings. The second-order valence-corrected chi connectivity index (χ2v) is 4.32. The lowest BCUT2D eigenvalue weighted by Crippen LogP contribution is -2.30. The third kappa shape index (κ3) is 3.47. The molecule has 1 aliphatic rings. The van der Waals surface area contributed by atoms with Crippen LogP contribution in [0.4, 0.5) is 0 Å². The topological polar surface area (TPSA) is 12.0 Å². The summed E-state index contributed by atoms with van der Waals surface area (Å²) < 4.78 is 0. The first-order valence-electron chi connectivity index (χ1n) is 4.16. The first-order valence-corrected chi connectivity index (χ1v) is 5.32. The molecule has 0 aromatic heterocycles. The summed E-state index contributed by atoms with van der Waals surface area (Å²) in [7, 11) is 0. The van der Waals surface area contributed by atoms with E-state index in [-0.39, 0.29) is 0 Å². The molecule has 0 radical (unpaired) electrons. The van der Waals surface area contributed by atoms with E-state index in [1.165, 1.54) is 24.3 Å². The van der Waals surface area contributed by atoms with Gasteiger partial charge in [-0.3, -0.25) is 0 Å². The minimum Gasteiger partial charge on any atom is -0.311 e. The highest BCUT2D eigenvalue weighted by molar-refractivity contribution is 7.99. The Labute approximate surface area is 68.0 Å². The Morgan fingerprint density at radius 2 is 2.30 bits per heavy atom. The molecule has 0 spiro atoms. The molecule has 0 aliphatic heterocycles. The average molecular weight is 159 g/mol. The molecule has 1 aliphatic carbocycles. The molecule has 1 saturated carbocycles. The Balaban J connectivity index is 1.91. The Kier molecular flexibility index (Phi) is 3.57. The molecule has 0 aromatic carbocycles. The van der Waals surface area contributed by atoms with E-state index in [4.69, 9.17) is 0 Å². The normalized spacial score (nSPS) is 21.0. The number of rotatable bonds is 5. The van der Waals surface area contributed by atoms with Crippen molar-refractivity contribution in [2.75, 3.05) is 11.5 Å². The van der Waals surface area contributed by atoms with Gasteiger partial charge < -0.3 is 5.32 Å². The maximum Gasteiger partial charge on any atom is 0.0132 e. The standard InChI is InChI=1S/C8H17NS/c1-3-10-6-7(2)9-8-4-5-8/h7-9H,3-6H2,1-2H3. The lowest BCUT2D eigenvalue weighted by atomic mass is 10.4. The van der Waals surface area contributed by atoms with Crippen molar-refractivity contribution in [1.29, 1.82) is 0 Å². The molecule has 1 rings (SSSR count). The fourth-order valence-electron chi connectivity index (χ4n) is 0.995. The molecule has 0 saturated heterocycles. The van der Waals surface area contributed by atoms with E-state index in [9.17, 15) is 0 Å². The summed E-state index contributed by atoms with van der Waals surface area (Å²) in [4.78, 5) is 0. The van der Waals surface area contributed by atoms with Gasteiger partial charge in [-0.25, -0.2) is 0 Å². The zero-order valence-electron chi connectivity index (χ0n) is 6.89. The summed E-state index contributed by atoms with van der Waals surface area (Å²) in [5.41, 5.74) is 0. The highest BCUT2D eigenvalue weighted by Crippen LogP contribution is 2.19. The Morgan fingerprint density at radius 3 is 2.80 bits per heavy atom. The van der Waals surface area contributed by atoms with Crippen molar-refractivity contribution in [3.05, 3.63) is 0 Å². The van der Waals surface area contributed by atoms with Gasteiger partial charge in [-0.1, -0.05) is 6.92 Å². The van der Waals surface area contributed by atoms with Crippen molar-refractivity contribution < 1.29 is 0 Å². The summed E-state index contributed by atoms with van der Waals surface area (Å²) in [6.07, 6.45) is 2.81. The van der Waals surface area contributed by atoms with Crippen LogP contribution in [-0.4, -0.2) is 23.6 Å². The molecule has 0 amide bonds. The van der Waals surface area contributed by atoms with Crippen LogP contribution in [0.15, 0.2) is 0 Å². The molecule has 1 unspecified atom stereocenters. The van der Waals surface area contributed by atoms with Crippen LogP contribution in [0.5, 0.6) is 0 Å². The maximum atomic E-state index is 3.57. The summed E-state index contributed by atoms with van der Waals surface area (Å²) in [6.45, 7) is 4.50. The molecule has 1 nitrogen and oxygen atoms in total. The third-order valence-electron chi connectivity index (χ3n) is 1.67. The van der Waals surface area contributed by atoms with Gasteiger partial charge >= 0.3 is 0 Å². The van der Waals surface area contributed by atoms with Gasteiger partial charge in [0.1, 0.15) is 0 Å². The van der Waals surface area contributed by atoms with Gasteiger partial charge in [0.2, 0.25) is 0 Å². The van der Waals surface area contributed by atoms with Gasteiger partial charge in [-0.2, -0.15) is 11.8 Å². The zero-order valence-corrected chi connectivity index (χ0v) is 7.71. The largest absolute Gasteiger partial charge is 0.311 e. The number of nitrogens with one attached hydrogen (secondary N) is 1. The van der Waals surface area contributed by atoms with Crippen molar-refractivity contribution in [3.63, 3.8) is 0 Å². The first-order chi connectivity index (χ1) is 4.83. The smallest absolute Gasteiger partial charge is 0.0132 e. The van der Waals surface area contributed by atoms with Crippen LogP contribution in [-0.2, 0) is 0 Å². The summed E-state index contributed by atoms with van der Waals surface area (Å²) in [5, 5.41) is 3.57. The Morgan fingerprint density at radius 1 is 1.60 bits per heavy atom. The van der Waals surface area contributed by atoms with Gasteiger partial charge in [0.25, 0.3) is 0 Å². The van der Waals surface area contributed by atoms with E-state index in [0.717, 1.165) is 12.1 Å². The summed E-state index contributed by atoms with van der Waals surface area (Å²) in [6, 6.07) is 1.59. The molecule has 0 bridgehead atoms. The molecule has 10 heavy (non-hydrogen) atoms.